The molecule has 0 aliphatic rings. The van der Waals surface area contributed by atoms with Crippen LogP contribution in [0, 0.1) is 6.92 Å². The summed E-state index contributed by atoms with van der Waals surface area (Å²) in [6.07, 6.45) is 0. The van der Waals surface area contributed by atoms with Gasteiger partial charge in [-0.15, -0.1) is 11.3 Å². The molecule has 0 unspecified atom stereocenters. The molecular formula is C14H17BrN2O2S2. The minimum Gasteiger partial charge on any atom is -0.326 e. The fourth-order valence-corrected chi connectivity index (χ4v) is 5.36. The van der Waals surface area contributed by atoms with Crippen molar-refractivity contribution >= 4 is 37.3 Å². The van der Waals surface area contributed by atoms with Gasteiger partial charge in [0.05, 0.1) is 0 Å². The van der Waals surface area contributed by atoms with Crippen LogP contribution in [-0.4, -0.2) is 19.8 Å². The summed E-state index contributed by atoms with van der Waals surface area (Å²) in [7, 11) is -1.94. The summed E-state index contributed by atoms with van der Waals surface area (Å²) in [4.78, 5) is 1.06. The van der Waals surface area contributed by atoms with Crippen LogP contribution in [0.15, 0.2) is 39.0 Å². The number of aryl methyl sites for hydroxylation is 1. The van der Waals surface area contributed by atoms with Gasteiger partial charge >= 0.3 is 0 Å². The molecular weight excluding hydrogens is 372 g/mol. The minimum atomic E-state index is -3.53. The number of hydrogen-bond donors (Lipinski definition) is 1. The van der Waals surface area contributed by atoms with Crippen LogP contribution in [0.25, 0.3) is 0 Å². The molecule has 0 atom stereocenters. The first-order valence-electron chi connectivity index (χ1n) is 6.34. The number of nitrogens with zero attached hydrogens (tertiary/aromatic N) is 1. The maximum Gasteiger partial charge on any atom is 0.244 e. The van der Waals surface area contributed by atoms with Crippen molar-refractivity contribution in [3.05, 3.63) is 50.1 Å². The maximum atomic E-state index is 12.7. The first-order chi connectivity index (χ1) is 9.86. The van der Waals surface area contributed by atoms with Gasteiger partial charge in [-0.1, -0.05) is 28.1 Å². The van der Waals surface area contributed by atoms with Crippen molar-refractivity contribution in [1.82, 2.24) is 4.31 Å². The number of benzene rings is 1. The molecule has 114 valence electrons. The van der Waals surface area contributed by atoms with E-state index in [1.807, 2.05) is 29.6 Å². The summed E-state index contributed by atoms with van der Waals surface area (Å²) in [5.41, 5.74) is 7.33. The average molecular weight is 389 g/mol. The van der Waals surface area contributed by atoms with Gasteiger partial charge in [-0.25, -0.2) is 8.42 Å². The summed E-state index contributed by atoms with van der Waals surface area (Å²) in [5, 5.41) is 1.84. The van der Waals surface area contributed by atoms with Crippen LogP contribution in [0.5, 0.6) is 0 Å². The van der Waals surface area contributed by atoms with Crippen LogP contribution >= 0.6 is 27.3 Å². The van der Waals surface area contributed by atoms with Gasteiger partial charge in [-0.05, 0) is 35.6 Å². The summed E-state index contributed by atoms with van der Waals surface area (Å²) < 4.78 is 27.8. The second-order valence-corrected chi connectivity index (χ2v) is 8.63. The van der Waals surface area contributed by atoms with E-state index < -0.39 is 10.0 Å². The molecule has 4 nitrogen and oxygen atoms in total. The van der Waals surface area contributed by atoms with E-state index in [4.69, 9.17) is 5.73 Å². The Morgan fingerprint density at radius 3 is 2.71 bits per heavy atom. The summed E-state index contributed by atoms with van der Waals surface area (Å²) >= 11 is 4.78. The number of hydrogen-bond acceptors (Lipinski definition) is 4. The highest BCUT2D eigenvalue weighted by molar-refractivity contribution is 9.10. The van der Waals surface area contributed by atoms with Gasteiger partial charge in [-0.3, -0.25) is 0 Å². The van der Waals surface area contributed by atoms with E-state index in [1.165, 1.54) is 15.6 Å². The molecule has 0 spiro atoms. The maximum absolute atomic E-state index is 12.7. The van der Waals surface area contributed by atoms with E-state index in [-0.39, 0.29) is 6.54 Å². The highest BCUT2D eigenvalue weighted by Gasteiger charge is 2.27. The summed E-state index contributed by atoms with van der Waals surface area (Å²) in [5.74, 6) is 0. The Hall–Kier alpha value is -0.730. The van der Waals surface area contributed by atoms with Crippen LogP contribution in [-0.2, 0) is 23.1 Å². The van der Waals surface area contributed by atoms with Crippen LogP contribution in [0.3, 0.4) is 0 Å². The van der Waals surface area contributed by atoms with Crippen molar-refractivity contribution in [3.8, 4) is 0 Å². The molecule has 2 rings (SSSR count). The molecule has 2 N–H and O–H groups in total. The van der Waals surface area contributed by atoms with Crippen molar-refractivity contribution in [1.29, 1.82) is 0 Å². The Kier molecular flexibility index (Phi) is 5.21. The molecule has 0 radical (unpaired) electrons. The predicted octanol–water partition coefficient (Wildman–Crippen LogP) is 3.10. The zero-order valence-corrected chi connectivity index (χ0v) is 15.1. The number of nitrogens with two attached hydrogens (primary N) is 1. The molecule has 7 heteroatoms. The molecule has 1 heterocycles. The van der Waals surface area contributed by atoms with Gasteiger partial charge < -0.3 is 5.73 Å². The van der Waals surface area contributed by atoms with Crippen molar-refractivity contribution < 1.29 is 8.42 Å². The standard InChI is InChI=1S/C14H17BrN2O2S2/c1-10-9-20-13(7-16)14(10)21(18,19)17(2)8-11-4-3-5-12(15)6-11/h3-6,9H,7-8,16H2,1-2H3. The lowest BCUT2D eigenvalue weighted by Crippen LogP contribution is -2.27. The number of thiophene rings is 1. The molecule has 21 heavy (non-hydrogen) atoms. The van der Waals surface area contributed by atoms with Crippen LogP contribution < -0.4 is 5.73 Å². The smallest absolute Gasteiger partial charge is 0.244 e. The Bertz CT molecular complexity index is 741. The fraction of sp³-hybridized carbons (Fsp3) is 0.286. The molecule has 0 fully saturated rings. The van der Waals surface area contributed by atoms with E-state index in [1.54, 1.807) is 14.0 Å². The quantitative estimate of drug-likeness (QED) is 0.855. The Labute approximate surface area is 137 Å². The zero-order valence-electron chi connectivity index (χ0n) is 11.8. The zero-order chi connectivity index (χ0) is 15.6. The molecule has 2 aromatic rings. The van der Waals surface area contributed by atoms with Crippen LogP contribution in [0.1, 0.15) is 16.0 Å². The Balaban J connectivity index is 2.33. The molecule has 0 saturated carbocycles. The third kappa shape index (κ3) is 3.54. The van der Waals surface area contributed by atoms with Crippen LogP contribution in [0.4, 0.5) is 0 Å². The molecule has 1 aromatic heterocycles. The number of sulfonamides is 1. The van der Waals surface area contributed by atoms with Gasteiger partial charge in [0.25, 0.3) is 0 Å². The van der Waals surface area contributed by atoms with Crippen LogP contribution in [0.2, 0.25) is 0 Å². The fourth-order valence-electron chi connectivity index (χ4n) is 2.11. The lowest BCUT2D eigenvalue weighted by atomic mass is 10.2. The van der Waals surface area contributed by atoms with E-state index in [0.29, 0.717) is 16.3 Å². The summed E-state index contributed by atoms with van der Waals surface area (Å²) in [6.45, 7) is 2.36. The predicted molar refractivity (Wildman–Crippen MR) is 89.7 cm³/mol. The number of rotatable bonds is 5. The molecule has 0 saturated heterocycles. The Morgan fingerprint density at radius 1 is 1.38 bits per heavy atom. The topological polar surface area (TPSA) is 63.4 Å². The van der Waals surface area contributed by atoms with E-state index in [0.717, 1.165) is 15.6 Å². The molecule has 0 aliphatic heterocycles. The Morgan fingerprint density at radius 2 is 2.10 bits per heavy atom. The normalized spacial score (nSPS) is 12.0. The van der Waals surface area contributed by atoms with Crippen molar-refractivity contribution in [3.63, 3.8) is 0 Å². The van der Waals surface area contributed by atoms with E-state index in [9.17, 15) is 8.42 Å². The first-order valence-corrected chi connectivity index (χ1v) is 9.45. The number of halogens is 1. The second-order valence-electron chi connectivity index (χ2n) is 4.77. The summed E-state index contributed by atoms with van der Waals surface area (Å²) in [6, 6.07) is 7.62. The monoisotopic (exact) mass is 388 g/mol. The van der Waals surface area contributed by atoms with Gasteiger partial charge in [-0.2, -0.15) is 4.31 Å². The molecule has 0 bridgehead atoms. The van der Waals surface area contributed by atoms with E-state index in [2.05, 4.69) is 15.9 Å². The first kappa shape index (κ1) is 16.6. The average Bonchev–Trinajstić information content (AvgIpc) is 2.80. The molecule has 1 aromatic carbocycles. The lowest BCUT2D eigenvalue weighted by molar-refractivity contribution is 0.466. The van der Waals surface area contributed by atoms with E-state index >= 15 is 0 Å². The highest BCUT2D eigenvalue weighted by Crippen LogP contribution is 2.29. The third-order valence-electron chi connectivity index (χ3n) is 3.14. The SMILES string of the molecule is Cc1csc(CN)c1S(=O)(=O)N(C)Cc1cccc(Br)c1. The lowest BCUT2D eigenvalue weighted by Gasteiger charge is -2.18. The van der Waals surface area contributed by atoms with Gasteiger partial charge in [0.15, 0.2) is 0 Å². The largest absolute Gasteiger partial charge is 0.326 e. The van der Waals surface area contributed by atoms with Gasteiger partial charge in [0, 0.05) is 29.5 Å². The molecule has 0 amide bonds. The minimum absolute atomic E-state index is 0.234. The van der Waals surface area contributed by atoms with Gasteiger partial charge in [0.1, 0.15) is 4.90 Å². The third-order valence-corrected chi connectivity index (χ3v) is 6.92. The van der Waals surface area contributed by atoms with Crippen molar-refractivity contribution in [2.45, 2.75) is 24.9 Å². The highest BCUT2D eigenvalue weighted by atomic mass is 79.9. The van der Waals surface area contributed by atoms with Crippen molar-refractivity contribution in [2.24, 2.45) is 5.73 Å². The van der Waals surface area contributed by atoms with Crippen molar-refractivity contribution in [2.75, 3.05) is 7.05 Å². The second kappa shape index (κ2) is 6.58. The molecule has 0 aliphatic carbocycles. The van der Waals surface area contributed by atoms with Gasteiger partial charge in [0.2, 0.25) is 10.0 Å².